The summed E-state index contributed by atoms with van der Waals surface area (Å²) in [4.78, 5) is 34.1. The summed E-state index contributed by atoms with van der Waals surface area (Å²) < 4.78 is 0. The highest BCUT2D eigenvalue weighted by atomic mass is 16.6. The van der Waals surface area contributed by atoms with Crippen LogP contribution in [0.25, 0.3) is 0 Å². The van der Waals surface area contributed by atoms with Crippen LogP contribution in [0.2, 0.25) is 0 Å². The highest BCUT2D eigenvalue weighted by Crippen LogP contribution is 2.22. The van der Waals surface area contributed by atoms with Crippen LogP contribution in [-0.2, 0) is 0 Å². The van der Waals surface area contributed by atoms with Gasteiger partial charge in [-0.1, -0.05) is 18.2 Å². The number of nitrogens with one attached hydrogen (secondary N) is 2. The molecule has 0 saturated heterocycles. The second kappa shape index (κ2) is 6.56. The first kappa shape index (κ1) is 16.0. The predicted molar refractivity (Wildman–Crippen MR) is 83.6 cm³/mol. The predicted octanol–water partition coefficient (Wildman–Crippen LogP) is 1.56. The van der Waals surface area contributed by atoms with Crippen molar-refractivity contribution in [1.29, 1.82) is 0 Å². The first-order valence-corrected chi connectivity index (χ1v) is 6.60. The molecule has 8 heteroatoms. The number of amides is 2. The van der Waals surface area contributed by atoms with Crippen LogP contribution in [0.3, 0.4) is 0 Å². The van der Waals surface area contributed by atoms with E-state index in [1.54, 1.807) is 31.2 Å². The Bertz CT molecular complexity index is 789. The average Bonchev–Trinajstić information content (AvgIpc) is 2.52. The lowest BCUT2D eigenvalue weighted by molar-refractivity contribution is -0.383. The molecular weight excluding hydrogens is 300 g/mol. The number of nitrogens with zero attached hydrogens (tertiary/aromatic N) is 1. The largest absolute Gasteiger partial charge is 0.393 e. The molecule has 0 fully saturated rings. The topological polar surface area (TPSA) is 127 Å². The molecule has 23 heavy (non-hydrogen) atoms. The third-order valence-electron chi connectivity index (χ3n) is 3.17. The zero-order valence-corrected chi connectivity index (χ0v) is 12.2. The fourth-order valence-electron chi connectivity index (χ4n) is 1.92. The van der Waals surface area contributed by atoms with Crippen molar-refractivity contribution in [1.82, 2.24) is 10.9 Å². The highest BCUT2D eigenvalue weighted by Gasteiger charge is 2.16. The SMILES string of the molecule is Cc1ccccc1C(=O)NNC(=O)c1ccc(N)c([N+](=O)[O-])c1. The average molecular weight is 314 g/mol. The molecule has 0 aliphatic carbocycles. The van der Waals surface area contributed by atoms with Crippen LogP contribution in [-0.4, -0.2) is 16.7 Å². The van der Waals surface area contributed by atoms with Gasteiger partial charge in [0, 0.05) is 17.2 Å². The van der Waals surface area contributed by atoms with Crippen molar-refractivity contribution < 1.29 is 14.5 Å². The fourth-order valence-corrected chi connectivity index (χ4v) is 1.92. The third-order valence-corrected chi connectivity index (χ3v) is 3.17. The molecule has 0 aliphatic rings. The number of carbonyl (C=O) groups is 2. The maximum absolute atomic E-state index is 12.0. The van der Waals surface area contributed by atoms with Crippen LogP contribution >= 0.6 is 0 Å². The standard InChI is InChI=1S/C15H14N4O4/c1-9-4-2-3-5-11(9)15(21)18-17-14(20)10-6-7-12(16)13(8-10)19(22)23/h2-8H,16H2,1H3,(H,17,20)(H,18,21). The molecule has 4 N–H and O–H groups in total. The van der Waals surface area contributed by atoms with Crippen LogP contribution in [0, 0.1) is 17.0 Å². The number of carbonyl (C=O) groups excluding carboxylic acids is 2. The van der Waals surface area contributed by atoms with Gasteiger partial charge in [-0.3, -0.25) is 30.6 Å². The van der Waals surface area contributed by atoms with Gasteiger partial charge in [0.15, 0.2) is 0 Å². The number of benzene rings is 2. The van der Waals surface area contributed by atoms with Gasteiger partial charge in [-0.15, -0.1) is 0 Å². The molecule has 0 bridgehead atoms. The molecule has 0 saturated carbocycles. The molecule has 0 heterocycles. The number of nitrogen functional groups attached to an aromatic ring is 1. The van der Waals surface area contributed by atoms with E-state index >= 15 is 0 Å². The minimum atomic E-state index is -0.685. The molecule has 2 rings (SSSR count). The highest BCUT2D eigenvalue weighted by molar-refractivity contribution is 6.00. The molecule has 0 radical (unpaired) electrons. The Balaban J connectivity index is 2.08. The van der Waals surface area contributed by atoms with Gasteiger partial charge in [0.2, 0.25) is 0 Å². The fraction of sp³-hybridized carbons (Fsp3) is 0.0667. The quantitative estimate of drug-likeness (QED) is 0.450. The van der Waals surface area contributed by atoms with E-state index in [2.05, 4.69) is 10.9 Å². The number of hydrogen-bond acceptors (Lipinski definition) is 5. The summed E-state index contributed by atoms with van der Waals surface area (Å²) in [6, 6.07) is 10.5. The number of aryl methyl sites for hydroxylation is 1. The van der Waals surface area contributed by atoms with Crippen molar-refractivity contribution in [2.24, 2.45) is 0 Å². The lowest BCUT2D eigenvalue weighted by Gasteiger charge is -2.09. The summed E-state index contributed by atoms with van der Waals surface area (Å²) in [5.74, 6) is -1.17. The number of hydrogen-bond donors (Lipinski definition) is 3. The van der Waals surface area contributed by atoms with Gasteiger partial charge in [-0.25, -0.2) is 0 Å². The molecule has 8 nitrogen and oxygen atoms in total. The van der Waals surface area contributed by atoms with Crippen molar-refractivity contribution in [3.05, 3.63) is 69.3 Å². The zero-order chi connectivity index (χ0) is 17.0. The molecule has 118 valence electrons. The summed E-state index contributed by atoms with van der Waals surface area (Å²) in [5, 5.41) is 10.8. The number of nitrogens with two attached hydrogens (primary N) is 1. The van der Waals surface area contributed by atoms with Crippen molar-refractivity contribution in [2.75, 3.05) is 5.73 Å². The van der Waals surface area contributed by atoms with Crippen LogP contribution < -0.4 is 16.6 Å². The zero-order valence-electron chi connectivity index (χ0n) is 12.2. The van der Waals surface area contributed by atoms with Gasteiger partial charge < -0.3 is 5.73 Å². The Morgan fingerprint density at radius 1 is 1.09 bits per heavy atom. The van der Waals surface area contributed by atoms with Gasteiger partial charge in [-0.2, -0.15) is 0 Å². The van der Waals surface area contributed by atoms with Crippen LogP contribution in [0.4, 0.5) is 11.4 Å². The van der Waals surface area contributed by atoms with Crippen molar-refractivity contribution in [3.8, 4) is 0 Å². The van der Waals surface area contributed by atoms with Gasteiger partial charge in [0.05, 0.1) is 4.92 Å². The summed E-state index contributed by atoms with van der Waals surface area (Å²) in [6.45, 7) is 1.76. The molecule has 2 amide bonds. The molecule has 0 aliphatic heterocycles. The first-order chi connectivity index (χ1) is 10.9. The summed E-state index contributed by atoms with van der Waals surface area (Å²) >= 11 is 0. The second-order valence-electron chi connectivity index (χ2n) is 4.75. The van der Waals surface area contributed by atoms with Gasteiger partial charge in [0.25, 0.3) is 17.5 Å². The van der Waals surface area contributed by atoms with E-state index in [9.17, 15) is 19.7 Å². The smallest absolute Gasteiger partial charge is 0.292 e. The van der Waals surface area contributed by atoms with E-state index in [-0.39, 0.29) is 16.9 Å². The lowest BCUT2D eigenvalue weighted by atomic mass is 10.1. The van der Waals surface area contributed by atoms with Crippen molar-refractivity contribution >= 4 is 23.2 Å². The van der Waals surface area contributed by atoms with E-state index in [1.165, 1.54) is 12.1 Å². The monoisotopic (exact) mass is 314 g/mol. The summed E-state index contributed by atoms with van der Waals surface area (Å²) in [6.07, 6.45) is 0. The lowest BCUT2D eigenvalue weighted by Crippen LogP contribution is -2.41. The Morgan fingerprint density at radius 3 is 2.39 bits per heavy atom. The Hall–Kier alpha value is -3.42. The molecule has 0 atom stereocenters. The molecular formula is C15H14N4O4. The van der Waals surface area contributed by atoms with Crippen molar-refractivity contribution in [2.45, 2.75) is 6.92 Å². The number of anilines is 1. The van der Waals surface area contributed by atoms with E-state index in [0.717, 1.165) is 11.6 Å². The molecule has 2 aromatic carbocycles. The van der Waals surface area contributed by atoms with Gasteiger partial charge in [-0.05, 0) is 30.7 Å². The van der Waals surface area contributed by atoms with E-state index in [1.807, 2.05) is 0 Å². The number of nitro benzene ring substituents is 1. The molecule has 0 aromatic heterocycles. The van der Waals surface area contributed by atoms with Crippen molar-refractivity contribution in [3.63, 3.8) is 0 Å². The Labute approximate surface area is 131 Å². The normalized spacial score (nSPS) is 9.96. The minimum absolute atomic E-state index is 0.0102. The third kappa shape index (κ3) is 3.62. The van der Waals surface area contributed by atoms with E-state index < -0.39 is 16.7 Å². The maximum Gasteiger partial charge on any atom is 0.292 e. The van der Waals surface area contributed by atoms with Gasteiger partial charge in [0.1, 0.15) is 5.69 Å². The van der Waals surface area contributed by atoms with E-state index in [4.69, 9.17) is 5.73 Å². The van der Waals surface area contributed by atoms with E-state index in [0.29, 0.717) is 5.56 Å². The second-order valence-corrected chi connectivity index (χ2v) is 4.75. The first-order valence-electron chi connectivity index (χ1n) is 6.60. The van der Waals surface area contributed by atoms with Crippen LogP contribution in [0.15, 0.2) is 42.5 Å². The number of rotatable bonds is 3. The maximum atomic E-state index is 12.0. The van der Waals surface area contributed by atoms with Crippen LogP contribution in [0.5, 0.6) is 0 Å². The molecule has 0 unspecified atom stereocenters. The molecule has 2 aromatic rings. The summed E-state index contributed by atoms with van der Waals surface area (Å²) in [5.41, 5.74) is 10.7. The summed E-state index contributed by atoms with van der Waals surface area (Å²) in [7, 11) is 0. The number of hydrazine groups is 1. The van der Waals surface area contributed by atoms with Gasteiger partial charge >= 0.3 is 0 Å². The Morgan fingerprint density at radius 2 is 1.74 bits per heavy atom. The minimum Gasteiger partial charge on any atom is -0.393 e. The number of nitro groups is 1. The Kier molecular flexibility index (Phi) is 4.55. The molecule has 0 spiro atoms. The van der Waals surface area contributed by atoms with Crippen LogP contribution in [0.1, 0.15) is 26.3 Å².